The molecule has 2 heterocycles. The summed E-state index contributed by atoms with van der Waals surface area (Å²) in [7, 11) is -1.99. The molecule has 0 saturated heterocycles. The largest absolute Gasteiger partial charge is 0.497 e. The van der Waals surface area contributed by atoms with E-state index in [1.54, 1.807) is 24.3 Å². The molecular formula is C35H29F3N2O6S. The highest BCUT2D eigenvalue weighted by atomic mass is 32.2. The van der Waals surface area contributed by atoms with Crippen LogP contribution in [0.5, 0.6) is 5.75 Å². The second kappa shape index (κ2) is 12.3. The van der Waals surface area contributed by atoms with Crippen LogP contribution in [0.3, 0.4) is 0 Å². The number of carbonyl (C=O) groups excluding carboxylic acids is 1. The molecule has 5 aromatic rings. The van der Waals surface area contributed by atoms with Crippen LogP contribution in [0.25, 0.3) is 21.9 Å². The van der Waals surface area contributed by atoms with Gasteiger partial charge in [0.25, 0.3) is 15.6 Å². The van der Waals surface area contributed by atoms with E-state index in [-0.39, 0.29) is 29.7 Å². The molecule has 0 radical (unpaired) electrons. The van der Waals surface area contributed by atoms with Gasteiger partial charge in [-0.25, -0.2) is 13.2 Å². The van der Waals surface area contributed by atoms with Gasteiger partial charge in [0, 0.05) is 24.7 Å². The van der Waals surface area contributed by atoms with Crippen LogP contribution in [0.4, 0.5) is 13.2 Å². The van der Waals surface area contributed by atoms with Crippen LogP contribution < -0.4 is 10.3 Å². The van der Waals surface area contributed by atoms with Gasteiger partial charge in [0.1, 0.15) is 11.8 Å². The van der Waals surface area contributed by atoms with Crippen molar-refractivity contribution in [2.45, 2.75) is 30.2 Å². The van der Waals surface area contributed by atoms with Gasteiger partial charge in [-0.15, -0.1) is 0 Å². The maximum Gasteiger partial charge on any atom is 0.416 e. The molecule has 0 spiro atoms. The highest BCUT2D eigenvalue weighted by Crippen LogP contribution is 2.40. The van der Waals surface area contributed by atoms with Crippen molar-refractivity contribution in [3.8, 4) is 16.9 Å². The fourth-order valence-electron chi connectivity index (χ4n) is 6.04. The van der Waals surface area contributed by atoms with Gasteiger partial charge in [-0.05, 0) is 63.7 Å². The lowest BCUT2D eigenvalue weighted by molar-refractivity contribution is -0.145. The van der Waals surface area contributed by atoms with E-state index in [0.29, 0.717) is 11.3 Å². The number of halogens is 3. The third-order valence-electron chi connectivity index (χ3n) is 8.29. The number of pyridine rings is 1. The number of esters is 1. The van der Waals surface area contributed by atoms with Crippen LogP contribution in [0.2, 0.25) is 0 Å². The van der Waals surface area contributed by atoms with E-state index in [9.17, 15) is 31.2 Å². The first-order valence-corrected chi connectivity index (χ1v) is 16.0. The van der Waals surface area contributed by atoms with Crippen molar-refractivity contribution in [1.29, 1.82) is 0 Å². The average molecular weight is 663 g/mol. The summed E-state index contributed by atoms with van der Waals surface area (Å²) >= 11 is 0. The number of rotatable bonds is 7. The zero-order valence-electron chi connectivity index (χ0n) is 25.3. The van der Waals surface area contributed by atoms with Crippen molar-refractivity contribution >= 4 is 26.8 Å². The third kappa shape index (κ3) is 6.01. The Bertz CT molecular complexity index is 2160. The monoisotopic (exact) mass is 662 g/mol. The molecule has 8 nitrogen and oxygen atoms in total. The summed E-state index contributed by atoms with van der Waals surface area (Å²) in [6.07, 6.45) is -4.71. The number of nitrogens with zero attached hydrogens (tertiary/aromatic N) is 2. The Morgan fingerprint density at radius 2 is 1.60 bits per heavy atom. The van der Waals surface area contributed by atoms with Crippen molar-refractivity contribution in [1.82, 2.24) is 8.87 Å². The number of sulfonamides is 1. The lowest BCUT2D eigenvalue weighted by Gasteiger charge is -2.35. The summed E-state index contributed by atoms with van der Waals surface area (Å²) < 4.78 is 83.2. The van der Waals surface area contributed by atoms with Gasteiger partial charge in [-0.3, -0.25) is 9.36 Å². The molecule has 242 valence electrons. The number of alkyl halides is 3. The third-order valence-corrected chi connectivity index (χ3v) is 10.1. The van der Waals surface area contributed by atoms with E-state index in [2.05, 4.69) is 0 Å². The van der Waals surface area contributed by atoms with Crippen LogP contribution in [-0.4, -0.2) is 44.0 Å². The fraction of sp³-hybridized carbons (Fsp3) is 0.200. The first-order valence-electron chi connectivity index (χ1n) is 14.6. The predicted molar refractivity (Wildman–Crippen MR) is 170 cm³/mol. The van der Waals surface area contributed by atoms with E-state index in [4.69, 9.17) is 9.47 Å². The van der Waals surface area contributed by atoms with Gasteiger partial charge in [0.2, 0.25) is 0 Å². The molecule has 1 atom stereocenters. The number of hydrogen-bond donors (Lipinski definition) is 0. The average Bonchev–Trinajstić information content (AvgIpc) is 3.06. The topological polar surface area (TPSA) is 94.9 Å². The molecule has 6 rings (SSSR count). The van der Waals surface area contributed by atoms with Crippen molar-refractivity contribution in [2.24, 2.45) is 0 Å². The minimum Gasteiger partial charge on any atom is -0.497 e. The molecule has 1 unspecified atom stereocenters. The molecule has 0 aliphatic carbocycles. The number of fused-ring (bicyclic) bond motifs is 2. The minimum atomic E-state index is -4.73. The van der Waals surface area contributed by atoms with Crippen LogP contribution in [0.15, 0.2) is 107 Å². The first-order chi connectivity index (χ1) is 22.4. The molecule has 47 heavy (non-hydrogen) atoms. The number of aromatic nitrogens is 1. The molecule has 0 fully saturated rings. The summed E-state index contributed by atoms with van der Waals surface area (Å²) in [4.78, 5) is 27.0. The summed E-state index contributed by atoms with van der Waals surface area (Å²) in [5, 5.41) is 1.15. The Labute approximate surface area is 268 Å². The van der Waals surface area contributed by atoms with E-state index in [1.807, 2.05) is 42.5 Å². The van der Waals surface area contributed by atoms with Crippen molar-refractivity contribution in [3.05, 3.63) is 130 Å². The van der Waals surface area contributed by atoms with Gasteiger partial charge in [-0.1, -0.05) is 66.7 Å². The quantitative estimate of drug-likeness (QED) is 0.193. The number of carbonyl (C=O) groups is 1. The van der Waals surface area contributed by atoms with Crippen LogP contribution in [0, 0.1) is 0 Å². The smallest absolute Gasteiger partial charge is 0.416 e. The molecule has 12 heteroatoms. The number of ether oxygens (including phenoxy) is 2. The molecular weight excluding hydrogens is 633 g/mol. The molecule has 1 aromatic heterocycles. The van der Waals surface area contributed by atoms with E-state index >= 15 is 0 Å². The summed E-state index contributed by atoms with van der Waals surface area (Å²) in [6.45, 7) is -0.623. The SMILES string of the molecule is COC(=O)C1CN(Cc2ccc(OC)cc2)S(=O)(=O)c2c(-c3cccc(C(F)(F)F)c3)c(Cc3cccc4ccccc34)cc(=O)n21. The molecule has 0 N–H and O–H groups in total. The summed E-state index contributed by atoms with van der Waals surface area (Å²) in [5.41, 5.74) is -0.489. The summed E-state index contributed by atoms with van der Waals surface area (Å²) in [6, 6.07) is 23.7. The van der Waals surface area contributed by atoms with Crippen molar-refractivity contribution in [3.63, 3.8) is 0 Å². The Balaban J connectivity index is 1.64. The molecule has 4 aromatic carbocycles. The number of methoxy groups -OCH3 is 2. The normalized spacial score (nSPS) is 16.1. The maximum atomic E-state index is 14.6. The zero-order chi connectivity index (χ0) is 33.5. The van der Waals surface area contributed by atoms with Gasteiger partial charge < -0.3 is 9.47 Å². The van der Waals surface area contributed by atoms with E-state index in [1.165, 1.54) is 25.3 Å². The second-order valence-electron chi connectivity index (χ2n) is 11.1. The fourth-order valence-corrected chi connectivity index (χ4v) is 7.92. The minimum absolute atomic E-state index is 0.0207. The highest BCUT2D eigenvalue weighted by Gasteiger charge is 2.44. The Morgan fingerprint density at radius 1 is 0.894 bits per heavy atom. The van der Waals surface area contributed by atoms with Gasteiger partial charge in [0.05, 0.1) is 19.8 Å². The number of hydrogen-bond acceptors (Lipinski definition) is 6. The van der Waals surface area contributed by atoms with Gasteiger partial charge in [0.15, 0.2) is 5.03 Å². The van der Waals surface area contributed by atoms with Crippen molar-refractivity contribution < 1.29 is 35.9 Å². The van der Waals surface area contributed by atoms with E-state index in [0.717, 1.165) is 44.5 Å². The molecule has 1 aliphatic heterocycles. The maximum absolute atomic E-state index is 14.6. The molecule has 0 bridgehead atoms. The van der Waals surface area contributed by atoms with E-state index < -0.39 is 50.9 Å². The first kappa shape index (κ1) is 32.0. The second-order valence-corrected chi connectivity index (χ2v) is 13.0. The standard InChI is InChI=1S/C35H29F3N2O6S/c1-45-28-15-13-22(14-16-28)20-39-21-30(34(42)46-2)40-31(41)19-26(17-24-9-5-8-23-7-3-4-12-29(23)24)32(33(40)47(39,43)44)25-10-6-11-27(18-25)35(36,37)38/h3-16,18-19,30H,17,20-21H2,1-2H3. The van der Waals surface area contributed by atoms with Crippen molar-refractivity contribution in [2.75, 3.05) is 20.8 Å². The van der Waals surface area contributed by atoms with Gasteiger partial charge in [-0.2, -0.15) is 17.5 Å². The van der Waals surface area contributed by atoms with Crippen LogP contribution >= 0.6 is 0 Å². The molecule has 1 aliphatic rings. The molecule has 0 saturated carbocycles. The zero-order valence-corrected chi connectivity index (χ0v) is 26.1. The highest BCUT2D eigenvalue weighted by molar-refractivity contribution is 7.89. The Hall–Kier alpha value is -4.94. The number of benzene rings is 4. The van der Waals surface area contributed by atoms with Crippen LogP contribution in [0.1, 0.15) is 28.3 Å². The summed E-state index contributed by atoms with van der Waals surface area (Å²) in [5.74, 6) is -0.329. The molecule has 0 amide bonds. The van der Waals surface area contributed by atoms with Crippen LogP contribution in [-0.2, 0) is 38.7 Å². The lowest BCUT2D eigenvalue weighted by atomic mass is 9.93. The Kier molecular flexibility index (Phi) is 8.41. The Morgan fingerprint density at radius 3 is 2.30 bits per heavy atom. The predicted octanol–water partition coefficient (Wildman–Crippen LogP) is 6.21. The van der Waals surface area contributed by atoms with Gasteiger partial charge >= 0.3 is 12.1 Å². The lowest BCUT2D eigenvalue weighted by Crippen LogP contribution is -2.49.